The molecule has 56 heavy (non-hydrogen) atoms. The van der Waals surface area contributed by atoms with E-state index >= 15 is 0 Å². The smallest absolute Gasteiger partial charge is 0.160 e. The lowest BCUT2D eigenvalue weighted by Crippen LogP contribution is -1.96. The molecule has 3 heterocycles. The number of fused-ring (bicyclic) bond motifs is 3. The molecule has 0 unspecified atom stereocenters. The van der Waals surface area contributed by atoms with Gasteiger partial charge >= 0.3 is 0 Å². The van der Waals surface area contributed by atoms with Gasteiger partial charge in [0.2, 0.25) is 0 Å². The SMILES string of the molecule is c1ccc(-c2cc(-c3ccccc3)nc(-c3cccc(-c4cccc(-c5cc(-c6ccccc6)c6ccc7ccc(-c8ccccc8)nc7c6n5)c4)c3)n2)cc1. The Hall–Kier alpha value is -7.56. The van der Waals surface area contributed by atoms with Crippen molar-refractivity contribution in [3.63, 3.8) is 0 Å². The minimum absolute atomic E-state index is 0.682. The number of aromatic nitrogens is 4. The molecule has 0 N–H and O–H groups in total. The molecule has 7 aromatic carbocycles. The first-order valence-electron chi connectivity index (χ1n) is 18.8. The van der Waals surface area contributed by atoms with Crippen LogP contribution in [0.4, 0.5) is 0 Å². The first-order valence-corrected chi connectivity index (χ1v) is 18.8. The van der Waals surface area contributed by atoms with E-state index in [-0.39, 0.29) is 0 Å². The number of pyridine rings is 2. The van der Waals surface area contributed by atoms with Gasteiger partial charge in [0.15, 0.2) is 5.82 Å². The van der Waals surface area contributed by atoms with Crippen LogP contribution in [0.2, 0.25) is 0 Å². The van der Waals surface area contributed by atoms with Crippen LogP contribution in [0.5, 0.6) is 0 Å². The molecule has 4 heteroatoms. The summed E-state index contributed by atoms with van der Waals surface area (Å²) in [5.41, 5.74) is 14.9. The maximum atomic E-state index is 5.39. The van der Waals surface area contributed by atoms with Gasteiger partial charge in [-0.25, -0.2) is 19.9 Å². The average Bonchev–Trinajstić information content (AvgIpc) is 3.29. The third-order valence-electron chi connectivity index (χ3n) is 10.3. The topological polar surface area (TPSA) is 51.6 Å². The lowest BCUT2D eigenvalue weighted by Gasteiger charge is -2.14. The zero-order chi connectivity index (χ0) is 37.3. The Kier molecular flexibility index (Phi) is 8.47. The first kappa shape index (κ1) is 33.0. The van der Waals surface area contributed by atoms with Crippen LogP contribution in [-0.2, 0) is 0 Å². The van der Waals surface area contributed by atoms with E-state index in [1.54, 1.807) is 0 Å². The molecule has 0 saturated heterocycles. The largest absolute Gasteiger partial charge is 0.245 e. The molecule has 0 fully saturated rings. The Morgan fingerprint density at radius 2 is 0.696 bits per heavy atom. The number of benzene rings is 7. The molecule has 10 aromatic rings. The summed E-state index contributed by atoms with van der Waals surface area (Å²) in [6.07, 6.45) is 0. The zero-order valence-electron chi connectivity index (χ0n) is 30.4. The maximum Gasteiger partial charge on any atom is 0.160 e. The minimum atomic E-state index is 0.682. The van der Waals surface area contributed by atoms with Gasteiger partial charge in [0, 0.05) is 38.6 Å². The van der Waals surface area contributed by atoms with Crippen molar-refractivity contribution in [3.05, 3.63) is 206 Å². The van der Waals surface area contributed by atoms with Crippen LogP contribution < -0.4 is 0 Å². The average molecular weight is 715 g/mol. The lowest BCUT2D eigenvalue weighted by molar-refractivity contribution is 1.18. The molecule has 0 aliphatic carbocycles. The Labute approximate surface area is 325 Å². The molecular formula is C52H34N4. The van der Waals surface area contributed by atoms with Gasteiger partial charge in [0.25, 0.3) is 0 Å². The molecule has 0 aliphatic heterocycles. The predicted molar refractivity (Wildman–Crippen MR) is 231 cm³/mol. The van der Waals surface area contributed by atoms with E-state index in [1.807, 2.05) is 54.6 Å². The zero-order valence-corrected chi connectivity index (χ0v) is 30.4. The van der Waals surface area contributed by atoms with Gasteiger partial charge in [-0.1, -0.05) is 176 Å². The third-order valence-corrected chi connectivity index (χ3v) is 10.3. The quantitative estimate of drug-likeness (QED) is 0.154. The molecule has 0 atom stereocenters. The van der Waals surface area contributed by atoms with Gasteiger partial charge in [0.1, 0.15) is 0 Å². The summed E-state index contributed by atoms with van der Waals surface area (Å²) in [6.45, 7) is 0. The van der Waals surface area contributed by atoms with Crippen LogP contribution in [0, 0.1) is 0 Å². The summed E-state index contributed by atoms with van der Waals surface area (Å²) < 4.78 is 0. The van der Waals surface area contributed by atoms with Gasteiger partial charge in [-0.15, -0.1) is 0 Å². The fourth-order valence-corrected chi connectivity index (χ4v) is 7.43. The van der Waals surface area contributed by atoms with E-state index in [9.17, 15) is 0 Å². The Bertz CT molecular complexity index is 2940. The summed E-state index contributed by atoms with van der Waals surface area (Å²) >= 11 is 0. The highest BCUT2D eigenvalue weighted by Crippen LogP contribution is 2.37. The van der Waals surface area contributed by atoms with Crippen LogP contribution in [0.25, 0.3) is 100 Å². The van der Waals surface area contributed by atoms with Crippen molar-refractivity contribution >= 4 is 21.8 Å². The van der Waals surface area contributed by atoms with Crippen LogP contribution in [-0.4, -0.2) is 19.9 Å². The molecular weight excluding hydrogens is 681 g/mol. The molecule has 4 nitrogen and oxygen atoms in total. The lowest BCUT2D eigenvalue weighted by atomic mass is 9.95. The van der Waals surface area contributed by atoms with Gasteiger partial charge < -0.3 is 0 Å². The first-order chi connectivity index (χ1) is 27.7. The van der Waals surface area contributed by atoms with Crippen molar-refractivity contribution in [2.75, 3.05) is 0 Å². The van der Waals surface area contributed by atoms with Gasteiger partial charge in [-0.3, -0.25) is 0 Å². The molecule has 10 rings (SSSR count). The van der Waals surface area contributed by atoms with E-state index in [1.165, 1.54) is 0 Å². The van der Waals surface area contributed by atoms with E-state index in [4.69, 9.17) is 19.9 Å². The van der Waals surface area contributed by atoms with E-state index < -0.39 is 0 Å². The monoisotopic (exact) mass is 714 g/mol. The Morgan fingerprint density at radius 3 is 1.30 bits per heavy atom. The highest BCUT2D eigenvalue weighted by molar-refractivity contribution is 6.09. The highest BCUT2D eigenvalue weighted by atomic mass is 14.9. The number of rotatable bonds is 7. The van der Waals surface area contributed by atoms with Gasteiger partial charge in [-0.05, 0) is 52.6 Å². The number of hydrogen-bond donors (Lipinski definition) is 0. The van der Waals surface area contributed by atoms with Crippen molar-refractivity contribution < 1.29 is 0 Å². The number of nitrogens with zero attached hydrogens (tertiary/aromatic N) is 4. The molecule has 0 bridgehead atoms. The minimum Gasteiger partial charge on any atom is -0.245 e. The number of hydrogen-bond acceptors (Lipinski definition) is 4. The molecule has 0 saturated carbocycles. The summed E-state index contributed by atoms with van der Waals surface area (Å²) in [5, 5.41) is 2.13. The Morgan fingerprint density at radius 1 is 0.250 bits per heavy atom. The van der Waals surface area contributed by atoms with Crippen molar-refractivity contribution in [3.8, 4) is 78.7 Å². The molecule has 0 spiro atoms. The third kappa shape index (κ3) is 6.40. The van der Waals surface area contributed by atoms with E-state index in [2.05, 4.69) is 152 Å². The van der Waals surface area contributed by atoms with Gasteiger partial charge in [0.05, 0.1) is 33.8 Å². The van der Waals surface area contributed by atoms with E-state index in [0.29, 0.717) is 5.82 Å². The second kappa shape index (κ2) is 14.3. The second-order valence-corrected chi connectivity index (χ2v) is 13.9. The second-order valence-electron chi connectivity index (χ2n) is 13.9. The normalized spacial score (nSPS) is 11.2. The van der Waals surface area contributed by atoms with E-state index in [0.717, 1.165) is 94.7 Å². The van der Waals surface area contributed by atoms with Crippen LogP contribution >= 0.6 is 0 Å². The van der Waals surface area contributed by atoms with Crippen molar-refractivity contribution in [1.82, 2.24) is 19.9 Å². The van der Waals surface area contributed by atoms with Crippen molar-refractivity contribution in [1.29, 1.82) is 0 Å². The molecule has 262 valence electrons. The van der Waals surface area contributed by atoms with Crippen LogP contribution in [0.1, 0.15) is 0 Å². The highest BCUT2D eigenvalue weighted by Gasteiger charge is 2.16. The van der Waals surface area contributed by atoms with Crippen molar-refractivity contribution in [2.24, 2.45) is 0 Å². The Balaban J connectivity index is 1.10. The van der Waals surface area contributed by atoms with Crippen molar-refractivity contribution in [2.45, 2.75) is 0 Å². The van der Waals surface area contributed by atoms with Gasteiger partial charge in [-0.2, -0.15) is 0 Å². The molecule has 0 aliphatic rings. The molecule has 0 radical (unpaired) electrons. The summed E-state index contributed by atoms with van der Waals surface area (Å²) in [5.74, 6) is 0.682. The fourth-order valence-electron chi connectivity index (χ4n) is 7.43. The van der Waals surface area contributed by atoms with Crippen LogP contribution in [0.3, 0.4) is 0 Å². The summed E-state index contributed by atoms with van der Waals surface area (Å²) in [6, 6.07) is 71.5. The maximum absolute atomic E-state index is 5.39. The predicted octanol–water partition coefficient (Wildman–Crippen LogP) is 13.2. The fraction of sp³-hybridized carbons (Fsp3) is 0. The summed E-state index contributed by atoms with van der Waals surface area (Å²) in [4.78, 5) is 20.8. The molecule has 0 amide bonds. The standard InChI is InChI=1S/C52H34N4/c1-5-15-35(16-6-1)45-33-47(54-51-44(45)29-27-39-28-30-46(53-50(39)51)36-17-7-2-8-18-36)42-25-13-23-40(31-42)41-24-14-26-43(32-41)52-55-48(37-19-9-3-10-20-37)34-49(56-52)38-21-11-4-12-22-38/h1-34H. The summed E-state index contributed by atoms with van der Waals surface area (Å²) in [7, 11) is 0. The van der Waals surface area contributed by atoms with Crippen LogP contribution in [0.15, 0.2) is 206 Å². The molecule has 3 aromatic heterocycles.